The first-order valence-corrected chi connectivity index (χ1v) is 7.29. The third-order valence-electron chi connectivity index (χ3n) is 3.77. The molecule has 0 saturated carbocycles. The molecule has 2 rings (SSSR count). The molecule has 1 heterocycles. The number of hydrogen-bond donors (Lipinski definition) is 2. The number of nitrogens with zero attached hydrogens (tertiary/aromatic N) is 2. The van der Waals surface area contributed by atoms with Crippen LogP contribution in [0.2, 0.25) is 0 Å². The molecule has 0 aliphatic carbocycles. The maximum absolute atomic E-state index is 5.72. The molecule has 0 saturated heterocycles. The quantitative estimate of drug-likeness (QED) is 0.605. The number of rotatable bonds is 7. The fraction of sp³-hybridized carbons (Fsp3) is 0.438. The lowest BCUT2D eigenvalue weighted by Crippen LogP contribution is -2.30. The van der Waals surface area contributed by atoms with E-state index in [1.165, 1.54) is 5.56 Å². The average Bonchev–Trinajstić information content (AvgIpc) is 2.90. The first-order valence-electron chi connectivity index (χ1n) is 7.29. The fourth-order valence-electron chi connectivity index (χ4n) is 2.46. The third-order valence-corrected chi connectivity index (χ3v) is 3.77. The van der Waals surface area contributed by atoms with Gasteiger partial charge in [-0.3, -0.25) is 16.0 Å². The number of hydrazine groups is 1. The summed E-state index contributed by atoms with van der Waals surface area (Å²) in [6.45, 7) is 2.11. The highest BCUT2D eigenvalue weighted by Crippen LogP contribution is 2.20. The van der Waals surface area contributed by atoms with Gasteiger partial charge in [-0.15, -0.1) is 0 Å². The first-order chi connectivity index (χ1) is 10.2. The van der Waals surface area contributed by atoms with Crippen LogP contribution in [0.4, 0.5) is 0 Å². The van der Waals surface area contributed by atoms with E-state index in [9.17, 15) is 0 Å². The zero-order valence-electron chi connectivity index (χ0n) is 13.0. The smallest absolute Gasteiger partial charge is 0.118 e. The van der Waals surface area contributed by atoms with Crippen LogP contribution in [-0.4, -0.2) is 16.9 Å². The number of benzene rings is 1. The number of nitrogens with one attached hydrogen (secondary N) is 1. The van der Waals surface area contributed by atoms with Gasteiger partial charge in [0.1, 0.15) is 5.75 Å². The van der Waals surface area contributed by atoms with Crippen LogP contribution in [0, 0.1) is 0 Å². The van der Waals surface area contributed by atoms with Crippen molar-refractivity contribution >= 4 is 0 Å². The molecule has 21 heavy (non-hydrogen) atoms. The minimum atomic E-state index is 0.102. The molecule has 2 aromatic rings. The molecule has 5 heteroatoms. The first kappa shape index (κ1) is 15.5. The summed E-state index contributed by atoms with van der Waals surface area (Å²) in [6.07, 6.45) is 2.81. The van der Waals surface area contributed by atoms with Crippen LogP contribution in [0.3, 0.4) is 0 Å². The number of methoxy groups -OCH3 is 1. The van der Waals surface area contributed by atoms with Gasteiger partial charge in [0, 0.05) is 7.05 Å². The van der Waals surface area contributed by atoms with Crippen molar-refractivity contribution in [3.05, 3.63) is 47.3 Å². The molecule has 3 N–H and O–H groups in total. The van der Waals surface area contributed by atoms with Gasteiger partial charge in [0.05, 0.1) is 24.5 Å². The Morgan fingerprint density at radius 3 is 2.57 bits per heavy atom. The van der Waals surface area contributed by atoms with Crippen LogP contribution in [0.5, 0.6) is 5.75 Å². The maximum atomic E-state index is 5.72. The summed E-state index contributed by atoms with van der Waals surface area (Å²) < 4.78 is 7.09. The van der Waals surface area contributed by atoms with Gasteiger partial charge in [-0.05, 0) is 43.0 Å². The van der Waals surface area contributed by atoms with Crippen molar-refractivity contribution in [3.8, 4) is 5.75 Å². The maximum Gasteiger partial charge on any atom is 0.118 e. The topological polar surface area (TPSA) is 65.1 Å². The predicted octanol–water partition coefficient (Wildman–Crippen LogP) is 2.13. The van der Waals surface area contributed by atoms with Gasteiger partial charge in [0.15, 0.2) is 0 Å². The molecule has 114 valence electrons. The highest BCUT2D eigenvalue weighted by atomic mass is 16.5. The van der Waals surface area contributed by atoms with Crippen molar-refractivity contribution in [1.82, 2.24) is 15.2 Å². The average molecular weight is 288 g/mol. The minimum Gasteiger partial charge on any atom is -0.497 e. The van der Waals surface area contributed by atoms with Crippen LogP contribution < -0.4 is 16.0 Å². The van der Waals surface area contributed by atoms with Crippen molar-refractivity contribution in [2.75, 3.05) is 7.11 Å². The normalized spacial score (nSPS) is 12.4. The third kappa shape index (κ3) is 3.83. The zero-order valence-corrected chi connectivity index (χ0v) is 13.0. The summed E-state index contributed by atoms with van der Waals surface area (Å²) in [5, 5.41) is 4.48. The summed E-state index contributed by atoms with van der Waals surface area (Å²) >= 11 is 0. The Balaban J connectivity index is 2.02. The lowest BCUT2D eigenvalue weighted by molar-refractivity contribution is 0.414. The van der Waals surface area contributed by atoms with Crippen LogP contribution in [0.15, 0.2) is 30.3 Å². The molecule has 0 amide bonds. The molecule has 1 aromatic carbocycles. The molecule has 0 bridgehead atoms. The van der Waals surface area contributed by atoms with Crippen molar-refractivity contribution in [3.63, 3.8) is 0 Å². The lowest BCUT2D eigenvalue weighted by atomic mass is 10.0. The molecule has 0 fully saturated rings. The Bertz CT molecular complexity index is 562. The van der Waals surface area contributed by atoms with E-state index in [1.54, 1.807) is 7.11 Å². The predicted molar refractivity (Wildman–Crippen MR) is 84.0 cm³/mol. The SMILES string of the molecule is CCc1cc(C(CCc2ccc(OC)cc2)NN)n(C)n1. The molecule has 0 spiro atoms. The van der Waals surface area contributed by atoms with Gasteiger partial charge in [0.25, 0.3) is 0 Å². The minimum absolute atomic E-state index is 0.102. The number of ether oxygens (including phenoxy) is 1. The highest BCUT2D eigenvalue weighted by Gasteiger charge is 2.15. The molecular formula is C16H24N4O. The van der Waals surface area contributed by atoms with Crippen LogP contribution in [0.1, 0.15) is 36.3 Å². The molecule has 5 nitrogen and oxygen atoms in total. The van der Waals surface area contributed by atoms with Crippen LogP contribution in [0.25, 0.3) is 0 Å². The Morgan fingerprint density at radius 1 is 1.33 bits per heavy atom. The summed E-state index contributed by atoms with van der Waals surface area (Å²) in [6, 6.07) is 10.4. The van der Waals surface area contributed by atoms with E-state index >= 15 is 0 Å². The number of aryl methyl sites for hydroxylation is 3. The van der Waals surface area contributed by atoms with Gasteiger partial charge >= 0.3 is 0 Å². The molecule has 1 aromatic heterocycles. The monoisotopic (exact) mass is 288 g/mol. The molecule has 0 radical (unpaired) electrons. The van der Waals surface area contributed by atoms with Gasteiger partial charge in [-0.1, -0.05) is 19.1 Å². The molecule has 0 aliphatic heterocycles. The second kappa shape index (κ2) is 7.24. The molecular weight excluding hydrogens is 264 g/mol. The lowest BCUT2D eigenvalue weighted by Gasteiger charge is -2.16. The van der Waals surface area contributed by atoms with E-state index < -0.39 is 0 Å². The van der Waals surface area contributed by atoms with Gasteiger partial charge < -0.3 is 4.74 Å². The van der Waals surface area contributed by atoms with Crippen molar-refractivity contribution in [1.29, 1.82) is 0 Å². The van der Waals surface area contributed by atoms with Crippen molar-refractivity contribution in [2.45, 2.75) is 32.2 Å². The van der Waals surface area contributed by atoms with Crippen molar-refractivity contribution < 1.29 is 4.74 Å². The van der Waals surface area contributed by atoms with E-state index in [0.29, 0.717) is 0 Å². The second-order valence-corrected chi connectivity index (χ2v) is 5.14. The van der Waals surface area contributed by atoms with E-state index in [4.69, 9.17) is 10.6 Å². The van der Waals surface area contributed by atoms with Gasteiger partial charge in [-0.2, -0.15) is 5.10 Å². The number of hydrogen-bond acceptors (Lipinski definition) is 4. The van der Waals surface area contributed by atoms with E-state index in [2.05, 4.69) is 35.6 Å². The van der Waals surface area contributed by atoms with Gasteiger partial charge in [0.2, 0.25) is 0 Å². The van der Waals surface area contributed by atoms with Gasteiger partial charge in [-0.25, -0.2) is 0 Å². The van der Waals surface area contributed by atoms with Crippen LogP contribution >= 0.6 is 0 Å². The van der Waals surface area contributed by atoms with E-state index in [-0.39, 0.29) is 6.04 Å². The summed E-state index contributed by atoms with van der Waals surface area (Å²) in [5.41, 5.74) is 6.40. The van der Waals surface area contributed by atoms with Crippen LogP contribution in [-0.2, 0) is 19.9 Å². The molecule has 1 atom stereocenters. The summed E-state index contributed by atoms with van der Waals surface area (Å²) in [5.74, 6) is 6.60. The standard InChI is InChI=1S/C16H24N4O/c1-4-13-11-16(20(2)19-13)15(18-17)10-7-12-5-8-14(21-3)9-6-12/h5-6,8-9,11,15,18H,4,7,10,17H2,1-3H3. The largest absolute Gasteiger partial charge is 0.497 e. The second-order valence-electron chi connectivity index (χ2n) is 5.14. The molecule has 1 unspecified atom stereocenters. The van der Waals surface area contributed by atoms with E-state index in [0.717, 1.165) is 36.4 Å². The Morgan fingerprint density at radius 2 is 2.05 bits per heavy atom. The number of nitrogens with two attached hydrogens (primary N) is 1. The molecule has 0 aliphatic rings. The Labute approximate surface area is 126 Å². The Hall–Kier alpha value is -1.85. The summed E-state index contributed by atoms with van der Waals surface area (Å²) in [7, 11) is 3.64. The number of aromatic nitrogens is 2. The highest BCUT2D eigenvalue weighted by molar-refractivity contribution is 5.27. The fourth-order valence-corrected chi connectivity index (χ4v) is 2.46. The zero-order chi connectivity index (χ0) is 15.2. The summed E-state index contributed by atoms with van der Waals surface area (Å²) in [4.78, 5) is 0. The Kier molecular flexibility index (Phi) is 5.36. The van der Waals surface area contributed by atoms with Crippen molar-refractivity contribution in [2.24, 2.45) is 12.9 Å². The van der Waals surface area contributed by atoms with E-state index in [1.807, 2.05) is 23.9 Å².